The minimum Gasteiger partial charge on any atom is -0.379 e. The summed E-state index contributed by atoms with van der Waals surface area (Å²) in [5, 5.41) is 14.1. The second-order valence-electron chi connectivity index (χ2n) is 4.43. The summed E-state index contributed by atoms with van der Waals surface area (Å²) in [4.78, 5) is 10.6. The first-order valence-electron chi connectivity index (χ1n) is 6.38. The lowest BCUT2D eigenvalue weighted by Gasteiger charge is -2.07. The zero-order valence-electron chi connectivity index (χ0n) is 10.9. The molecule has 20 heavy (non-hydrogen) atoms. The summed E-state index contributed by atoms with van der Waals surface area (Å²) in [6.07, 6.45) is 1.88. The molecule has 0 atom stereocenters. The highest BCUT2D eigenvalue weighted by molar-refractivity contribution is 9.10. The van der Waals surface area contributed by atoms with Crippen LogP contribution in [0.1, 0.15) is 12.0 Å². The summed E-state index contributed by atoms with van der Waals surface area (Å²) >= 11 is 3.33. The Labute approximate surface area is 126 Å². The summed E-state index contributed by atoms with van der Waals surface area (Å²) in [6, 6.07) is 15.1. The Morgan fingerprint density at radius 3 is 2.60 bits per heavy atom. The normalized spacial score (nSPS) is 10.2. The van der Waals surface area contributed by atoms with Crippen LogP contribution < -0.4 is 5.32 Å². The summed E-state index contributed by atoms with van der Waals surface area (Å²) in [7, 11) is 0. The molecule has 0 saturated heterocycles. The van der Waals surface area contributed by atoms with Gasteiger partial charge in [0.25, 0.3) is 5.69 Å². The van der Waals surface area contributed by atoms with Crippen molar-refractivity contribution < 1.29 is 4.92 Å². The number of aryl methyl sites for hydroxylation is 1. The van der Waals surface area contributed by atoms with Crippen molar-refractivity contribution in [2.24, 2.45) is 0 Å². The lowest BCUT2D eigenvalue weighted by molar-refractivity contribution is -0.384. The van der Waals surface area contributed by atoms with Gasteiger partial charge in [-0.05, 0) is 30.5 Å². The SMILES string of the molecule is O=[N+]([O-])c1ccc(Br)cc1NCCCc1ccccc1. The van der Waals surface area contributed by atoms with Crippen LogP contribution in [0.5, 0.6) is 0 Å². The van der Waals surface area contributed by atoms with Crippen molar-refractivity contribution in [3.05, 3.63) is 68.7 Å². The molecular weight excluding hydrogens is 320 g/mol. The number of hydrogen-bond donors (Lipinski definition) is 1. The first kappa shape index (κ1) is 14.5. The third kappa shape index (κ3) is 4.06. The van der Waals surface area contributed by atoms with Crippen molar-refractivity contribution in [1.82, 2.24) is 0 Å². The van der Waals surface area contributed by atoms with Gasteiger partial charge in [-0.3, -0.25) is 10.1 Å². The van der Waals surface area contributed by atoms with Crippen molar-refractivity contribution in [3.63, 3.8) is 0 Å². The lowest BCUT2D eigenvalue weighted by Crippen LogP contribution is -2.05. The molecule has 0 aliphatic carbocycles. The molecule has 0 spiro atoms. The highest BCUT2D eigenvalue weighted by atomic mass is 79.9. The van der Waals surface area contributed by atoms with E-state index in [1.165, 1.54) is 11.6 Å². The van der Waals surface area contributed by atoms with Crippen LogP contribution in [0.4, 0.5) is 11.4 Å². The number of nitro benzene ring substituents is 1. The van der Waals surface area contributed by atoms with Gasteiger partial charge in [-0.15, -0.1) is 0 Å². The van der Waals surface area contributed by atoms with Crippen LogP contribution in [0.3, 0.4) is 0 Å². The van der Waals surface area contributed by atoms with Gasteiger partial charge in [-0.25, -0.2) is 0 Å². The van der Waals surface area contributed by atoms with Crippen LogP contribution in [0.25, 0.3) is 0 Å². The van der Waals surface area contributed by atoms with E-state index in [-0.39, 0.29) is 10.6 Å². The molecular formula is C15H15BrN2O2. The van der Waals surface area contributed by atoms with Crippen molar-refractivity contribution in [1.29, 1.82) is 0 Å². The lowest BCUT2D eigenvalue weighted by atomic mass is 10.1. The summed E-state index contributed by atoms with van der Waals surface area (Å²) in [5.74, 6) is 0. The monoisotopic (exact) mass is 334 g/mol. The van der Waals surface area contributed by atoms with E-state index in [9.17, 15) is 10.1 Å². The molecule has 0 heterocycles. The third-order valence-electron chi connectivity index (χ3n) is 2.96. The second kappa shape index (κ2) is 7.05. The van der Waals surface area contributed by atoms with E-state index < -0.39 is 0 Å². The fourth-order valence-electron chi connectivity index (χ4n) is 1.97. The number of anilines is 1. The zero-order chi connectivity index (χ0) is 14.4. The Kier molecular flexibility index (Phi) is 5.12. The van der Waals surface area contributed by atoms with Gasteiger partial charge in [0, 0.05) is 17.1 Å². The van der Waals surface area contributed by atoms with Gasteiger partial charge in [0.15, 0.2) is 0 Å². The van der Waals surface area contributed by atoms with Gasteiger partial charge >= 0.3 is 0 Å². The minimum absolute atomic E-state index is 0.105. The van der Waals surface area contributed by atoms with E-state index in [4.69, 9.17) is 0 Å². The summed E-state index contributed by atoms with van der Waals surface area (Å²) in [5.41, 5.74) is 1.93. The Morgan fingerprint density at radius 1 is 1.15 bits per heavy atom. The fraction of sp³-hybridized carbons (Fsp3) is 0.200. The van der Waals surface area contributed by atoms with Gasteiger partial charge in [0.05, 0.1) is 4.92 Å². The van der Waals surface area contributed by atoms with E-state index in [0.29, 0.717) is 12.2 Å². The average Bonchev–Trinajstić information content (AvgIpc) is 2.44. The molecule has 0 saturated carbocycles. The van der Waals surface area contributed by atoms with E-state index >= 15 is 0 Å². The van der Waals surface area contributed by atoms with Crippen LogP contribution in [0.15, 0.2) is 53.0 Å². The predicted octanol–water partition coefficient (Wildman–Crippen LogP) is 4.40. The van der Waals surface area contributed by atoms with E-state index in [2.05, 4.69) is 33.4 Å². The third-order valence-corrected chi connectivity index (χ3v) is 3.45. The van der Waals surface area contributed by atoms with Crippen LogP contribution in [0, 0.1) is 10.1 Å². The number of nitrogens with zero attached hydrogens (tertiary/aromatic N) is 1. The molecule has 0 aromatic heterocycles. The number of halogens is 1. The van der Waals surface area contributed by atoms with Crippen molar-refractivity contribution >= 4 is 27.3 Å². The van der Waals surface area contributed by atoms with Gasteiger partial charge in [-0.2, -0.15) is 0 Å². The molecule has 2 rings (SSSR count). The Bertz CT molecular complexity index is 588. The quantitative estimate of drug-likeness (QED) is 0.483. The highest BCUT2D eigenvalue weighted by Crippen LogP contribution is 2.27. The molecule has 0 radical (unpaired) electrons. The molecule has 0 amide bonds. The molecule has 0 aliphatic rings. The number of nitrogens with one attached hydrogen (secondary N) is 1. The molecule has 0 fully saturated rings. The zero-order valence-corrected chi connectivity index (χ0v) is 12.5. The van der Waals surface area contributed by atoms with E-state index in [1.807, 2.05) is 18.2 Å². The van der Waals surface area contributed by atoms with Crippen LogP contribution in [0.2, 0.25) is 0 Å². The van der Waals surface area contributed by atoms with Crippen LogP contribution >= 0.6 is 15.9 Å². The molecule has 5 heteroatoms. The Hall–Kier alpha value is -1.88. The number of nitro groups is 1. The standard InChI is InChI=1S/C15H15BrN2O2/c16-13-8-9-15(18(19)20)14(11-13)17-10-4-7-12-5-2-1-3-6-12/h1-3,5-6,8-9,11,17H,4,7,10H2. The number of benzene rings is 2. The maximum atomic E-state index is 10.9. The Morgan fingerprint density at radius 2 is 1.90 bits per heavy atom. The van der Waals surface area contributed by atoms with E-state index in [1.54, 1.807) is 12.1 Å². The maximum absolute atomic E-state index is 10.9. The smallest absolute Gasteiger partial charge is 0.292 e. The maximum Gasteiger partial charge on any atom is 0.292 e. The molecule has 1 N–H and O–H groups in total. The van der Waals surface area contributed by atoms with Gasteiger partial charge in [0.2, 0.25) is 0 Å². The average molecular weight is 335 g/mol. The van der Waals surface area contributed by atoms with Crippen molar-refractivity contribution in [2.75, 3.05) is 11.9 Å². The van der Waals surface area contributed by atoms with Crippen molar-refractivity contribution in [3.8, 4) is 0 Å². The van der Waals surface area contributed by atoms with Crippen LogP contribution in [-0.4, -0.2) is 11.5 Å². The Balaban J connectivity index is 1.91. The van der Waals surface area contributed by atoms with Gasteiger partial charge < -0.3 is 5.32 Å². The summed E-state index contributed by atoms with van der Waals surface area (Å²) in [6.45, 7) is 0.701. The van der Waals surface area contributed by atoms with Crippen molar-refractivity contribution in [2.45, 2.75) is 12.8 Å². The fourth-order valence-corrected chi connectivity index (χ4v) is 2.33. The first-order valence-corrected chi connectivity index (χ1v) is 7.18. The molecule has 0 bridgehead atoms. The molecule has 0 unspecified atom stereocenters. The van der Waals surface area contributed by atoms with Gasteiger partial charge in [-0.1, -0.05) is 46.3 Å². The minimum atomic E-state index is -0.369. The number of hydrogen-bond acceptors (Lipinski definition) is 3. The molecule has 0 aliphatic heterocycles. The van der Waals surface area contributed by atoms with Gasteiger partial charge in [0.1, 0.15) is 5.69 Å². The van der Waals surface area contributed by atoms with Crippen LogP contribution in [-0.2, 0) is 6.42 Å². The number of rotatable bonds is 6. The highest BCUT2D eigenvalue weighted by Gasteiger charge is 2.12. The largest absolute Gasteiger partial charge is 0.379 e. The molecule has 4 nitrogen and oxygen atoms in total. The summed E-state index contributed by atoms with van der Waals surface area (Å²) < 4.78 is 0.827. The molecule has 104 valence electrons. The molecule has 2 aromatic carbocycles. The first-order chi connectivity index (χ1) is 9.66. The topological polar surface area (TPSA) is 55.2 Å². The molecule has 2 aromatic rings. The van der Waals surface area contributed by atoms with E-state index in [0.717, 1.165) is 17.3 Å². The second-order valence-corrected chi connectivity index (χ2v) is 5.35. The predicted molar refractivity (Wildman–Crippen MR) is 84.0 cm³/mol.